The molecule has 0 aromatic heterocycles. The lowest BCUT2D eigenvalue weighted by Crippen LogP contribution is -2.21. The standard InChI is InChI=1S/C8H6O4/c9-6-4-2-1-3-5(6)7(10)8(11)12/h1-3H,4H2,(H,11,12). The van der Waals surface area contributed by atoms with Gasteiger partial charge in [-0.1, -0.05) is 12.2 Å². The molecule has 12 heavy (non-hydrogen) atoms. The third-order valence-corrected chi connectivity index (χ3v) is 1.44. The van der Waals surface area contributed by atoms with Crippen LogP contribution < -0.4 is 0 Å². The smallest absolute Gasteiger partial charge is 0.377 e. The summed E-state index contributed by atoms with van der Waals surface area (Å²) in [5.74, 6) is -3.17. The molecule has 0 heterocycles. The van der Waals surface area contributed by atoms with Crippen LogP contribution >= 0.6 is 0 Å². The lowest BCUT2D eigenvalue weighted by molar-refractivity contribution is -0.147. The lowest BCUT2D eigenvalue weighted by Gasteiger charge is -2.02. The maximum absolute atomic E-state index is 10.9. The average Bonchev–Trinajstić information content (AvgIpc) is 2.04. The Morgan fingerprint density at radius 2 is 2.08 bits per heavy atom. The van der Waals surface area contributed by atoms with Crippen LogP contribution in [0.15, 0.2) is 23.8 Å². The molecule has 0 saturated heterocycles. The van der Waals surface area contributed by atoms with E-state index < -0.39 is 17.5 Å². The van der Waals surface area contributed by atoms with E-state index in [0.29, 0.717) is 0 Å². The summed E-state index contributed by atoms with van der Waals surface area (Å²) >= 11 is 0. The number of aliphatic carboxylic acids is 1. The quantitative estimate of drug-likeness (QED) is 0.466. The van der Waals surface area contributed by atoms with E-state index in [-0.39, 0.29) is 12.0 Å². The van der Waals surface area contributed by atoms with Crippen LogP contribution in [0.5, 0.6) is 0 Å². The number of hydrogen-bond acceptors (Lipinski definition) is 3. The van der Waals surface area contributed by atoms with Gasteiger partial charge in [0, 0.05) is 6.42 Å². The third kappa shape index (κ3) is 1.47. The van der Waals surface area contributed by atoms with Crippen molar-refractivity contribution >= 4 is 17.5 Å². The highest BCUT2D eigenvalue weighted by atomic mass is 16.4. The van der Waals surface area contributed by atoms with Gasteiger partial charge in [-0.15, -0.1) is 0 Å². The summed E-state index contributed by atoms with van der Waals surface area (Å²) in [7, 11) is 0. The van der Waals surface area contributed by atoms with Crippen LogP contribution in [-0.4, -0.2) is 22.6 Å². The van der Waals surface area contributed by atoms with Crippen molar-refractivity contribution in [2.45, 2.75) is 6.42 Å². The Labute approximate surface area is 68.2 Å². The Hall–Kier alpha value is -1.71. The molecule has 0 radical (unpaired) electrons. The zero-order valence-electron chi connectivity index (χ0n) is 6.11. The molecular weight excluding hydrogens is 160 g/mol. The number of carbonyl (C=O) groups is 3. The van der Waals surface area contributed by atoms with Crippen molar-refractivity contribution in [2.75, 3.05) is 0 Å². The molecule has 1 aliphatic carbocycles. The molecule has 0 unspecified atom stereocenters. The van der Waals surface area contributed by atoms with Crippen LogP contribution in [0.4, 0.5) is 0 Å². The first kappa shape index (κ1) is 8.39. The zero-order valence-corrected chi connectivity index (χ0v) is 6.11. The van der Waals surface area contributed by atoms with Crippen LogP contribution in [0.25, 0.3) is 0 Å². The highest BCUT2D eigenvalue weighted by Gasteiger charge is 2.23. The minimum atomic E-state index is -1.59. The maximum Gasteiger partial charge on any atom is 0.377 e. The molecule has 0 saturated carbocycles. The number of rotatable bonds is 2. The molecule has 0 atom stereocenters. The summed E-state index contributed by atoms with van der Waals surface area (Å²) in [4.78, 5) is 31.9. The van der Waals surface area contributed by atoms with E-state index in [1.807, 2.05) is 0 Å². The van der Waals surface area contributed by atoms with Crippen molar-refractivity contribution in [3.05, 3.63) is 23.8 Å². The summed E-state index contributed by atoms with van der Waals surface area (Å²) in [5, 5.41) is 8.29. The summed E-state index contributed by atoms with van der Waals surface area (Å²) in [6, 6.07) is 0. The van der Waals surface area contributed by atoms with Crippen LogP contribution in [0.3, 0.4) is 0 Å². The summed E-state index contributed by atoms with van der Waals surface area (Å²) < 4.78 is 0. The van der Waals surface area contributed by atoms with Crippen molar-refractivity contribution in [1.82, 2.24) is 0 Å². The number of Topliss-reactive ketones (excluding diaryl/α,β-unsaturated/α-hetero) is 2. The van der Waals surface area contributed by atoms with E-state index in [1.54, 1.807) is 6.08 Å². The fourth-order valence-electron chi connectivity index (χ4n) is 0.860. The molecule has 62 valence electrons. The van der Waals surface area contributed by atoms with Crippen LogP contribution in [0.1, 0.15) is 6.42 Å². The summed E-state index contributed by atoms with van der Waals surface area (Å²) in [6.07, 6.45) is 4.39. The SMILES string of the molecule is O=C(O)C(=O)C1=CC=CCC1=O. The first-order valence-corrected chi connectivity index (χ1v) is 3.30. The Morgan fingerprint density at radius 3 is 2.58 bits per heavy atom. The molecular formula is C8H6O4. The van der Waals surface area contributed by atoms with Gasteiger partial charge in [-0.2, -0.15) is 0 Å². The van der Waals surface area contributed by atoms with Gasteiger partial charge in [0.2, 0.25) is 0 Å². The number of carbonyl (C=O) groups excluding carboxylic acids is 2. The first-order valence-electron chi connectivity index (χ1n) is 3.30. The predicted octanol–water partition coefficient (Wildman–Crippen LogP) is 0.0955. The second-order valence-electron chi connectivity index (χ2n) is 2.27. The van der Waals surface area contributed by atoms with E-state index in [4.69, 9.17) is 5.11 Å². The third-order valence-electron chi connectivity index (χ3n) is 1.44. The van der Waals surface area contributed by atoms with Gasteiger partial charge >= 0.3 is 5.97 Å². The number of carboxylic acids is 1. The highest BCUT2D eigenvalue weighted by molar-refractivity contribution is 6.47. The molecule has 1 rings (SSSR count). The fourth-order valence-corrected chi connectivity index (χ4v) is 0.860. The Morgan fingerprint density at radius 1 is 1.42 bits per heavy atom. The number of allylic oxidation sites excluding steroid dienone is 3. The van der Waals surface area contributed by atoms with E-state index >= 15 is 0 Å². The monoisotopic (exact) mass is 166 g/mol. The van der Waals surface area contributed by atoms with Gasteiger partial charge in [0.1, 0.15) is 0 Å². The number of carboxylic acid groups (broad SMARTS) is 1. The number of ketones is 2. The minimum Gasteiger partial charge on any atom is -0.475 e. The normalized spacial score (nSPS) is 15.7. The van der Waals surface area contributed by atoms with E-state index in [0.717, 1.165) is 0 Å². The van der Waals surface area contributed by atoms with E-state index in [1.165, 1.54) is 12.2 Å². The Bertz CT molecular complexity index is 309. The van der Waals surface area contributed by atoms with Crippen molar-refractivity contribution in [3.63, 3.8) is 0 Å². The number of hydrogen-bond donors (Lipinski definition) is 1. The molecule has 0 aromatic carbocycles. The Kier molecular flexibility index (Phi) is 2.19. The van der Waals surface area contributed by atoms with Gasteiger partial charge in [0.25, 0.3) is 5.78 Å². The van der Waals surface area contributed by atoms with Crippen molar-refractivity contribution in [3.8, 4) is 0 Å². The van der Waals surface area contributed by atoms with Crippen molar-refractivity contribution < 1.29 is 19.5 Å². The van der Waals surface area contributed by atoms with Crippen LogP contribution in [0.2, 0.25) is 0 Å². The lowest BCUT2D eigenvalue weighted by atomic mass is 10.00. The molecule has 1 N–H and O–H groups in total. The van der Waals surface area contributed by atoms with E-state index in [9.17, 15) is 14.4 Å². The Balaban J connectivity index is 2.94. The van der Waals surface area contributed by atoms with Crippen LogP contribution in [-0.2, 0) is 14.4 Å². The van der Waals surface area contributed by atoms with E-state index in [2.05, 4.69) is 0 Å². The molecule has 4 heteroatoms. The molecule has 0 aromatic rings. The second kappa shape index (κ2) is 3.13. The fraction of sp³-hybridized carbons (Fsp3) is 0.125. The summed E-state index contributed by atoms with van der Waals surface area (Å²) in [6.45, 7) is 0. The average molecular weight is 166 g/mol. The largest absolute Gasteiger partial charge is 0.475 e. The first-order chi connectivity index (χ1) is 5.63. The van der Waals surface area contributed by atoms with Crippen molar-refractivity contribution in [1.29, 1.82) is 0 Å². The zero-order chi connectivity index (χ0) is 9.14. The van der Waals surface area contributed by atoms with Crippen LogP contribution in [0, 0.1) is 0 Å². The topological polar surface area (TPSA) is 71.4 Å². The molecule has 0 aliphatic heterocycles. The maximum atomic E-state index is 10.9. The predicted molar refractivity (Wildman–Crippen MR) is 39.5 cm³/mol. The molecule has 1 aliphatic rings. The molecule has 0 fully saturated rings. The van der Waals surface area contributed by atoms with Crippen molar-refractivity contribution in [2.24, 2.45) is 0 Å². The highest BCUT2D eigenvalue weighted by Crippen LogP contribution is 2.08. The second-order valence-corrected chi connectivity index (χ2v) is 2.27. The van der Waals surface area contributed by atoms with Gasteiger partial charge < -0.3 is 5.11 Å². The summed E-state index contributed by atoms with van der Waals surface area (Å²) in [5.41, 5.74) is -0.245. The van der Waals surface area contributed by atoms with Gasteiger partial charge in [-0.25, -0.2) is 4.79 Å². The van der Waals surface area contributed by atoms with Gasteiger partial charge in [0.05, 0.1) is 5.57 Å². The molecule has 0 spiro atoms. The molecule has 0 bridgehead atoms. The van der Waals surface area contributed by atoms with Gasteiger partial charge in [0.15, 0.2) is 5.78 Å². The van der Waals surface area contributed by atoms with Gasteiger partial charge in [-0.05, 0) is 6.08 Å². The molecule has 4 nitrogen and oxygen atoms in total. The van der Waals surface area contributed by atoms with Gasteiger partial charge in [-0.3, -0.25) is 9.59 Å². The minimum absolute atomic E-state index is 0.102. The molecule has 0 amide bonds.